The molecule has 1 saturated carbocycles. The van der Waals surface area contributed by atoms with Gasteiger partial charge in [-0.05, 0) is 60.6 Å². The maximum Gasteiger partial charge on any atom is 0.225 e. The molecule has 3 aliphatic rings. The Morgan fingerprint density at radius 2 is 1.85 bits per heavy atom. The molecule has 1 aromatic carbocycles. The van der Waals surface area contributed by atoms with Gasteiger partial charge >= 0.3 is 0 Å². The van der Waals surface area contributed by atoms with Crippen LogP contribution in [0.25, 0.3) is 0 Å². The molecule has 2 aliphatic carbocycles. The first-order chi connectivity index (χ1) is 13.2. The summed E-state index contributed by atoms with van der Waals surface area (Å²) in [6, 6.07) is 11.1. The van der Waals surface area contributed by atoms with E-state index in [0.29, 0.717) is 18.4 Å². The van der Waals surface area contributed by atoms with Crippen LogP contribution in [0.15, 0.2) is 42.7 Å². The van der Waals surface area contributed by atoms with Crippen LogP contribution in [-0.4, -0.2) is 35.0 Å². The van der Waals surface area contributed by atoms with E-state index in [1.807, 2.05) is 18.5 Å². The standard InChI is InChI=1S/C22H26N4O/c27-20(25-17-6-7-17)14-16-15-22(19-5-2-1-4-18(16)19)8-12-26(13-9-22)21-23-10-3-11-24-21/h1-5,10-11,16-17H,6-9,12-15H2,(H,25,27)/t16-/m0/s1. The molecule has 27 heavy (non-hydrogen) atoms. The van der Waals surface area contributed by atoms with Crippen molar-refractivity contribution in [2.75, 3.05) is 18.0 Å². The Morgan fingerprint density at radius 3 is 2.59 bits per heavy atom. The Bertz CT molecular complexity index is 825. The first kappa shape index (κ1) is 16.7. The van der Waals surface area contributed by atoms with Gasteiger partial charge in [0.15, 0.2) is 0 Å². The zero-order valence-electron chi connectivity index (χ0n) is 15.6. The third kappa shape index (κ3) is 3.20. The summed E-state index contributed by atoms with van der Waals surface area (Å²) < 4.78 is 0. The van der Waals surface area contributed by atoms with E-state index in [1.54, 1.807) is 0 Å². The number of hydrogen-bond donors (Lipinski definition) is 1. The normalized spacial score (nSPS) is 23.3. The van der Waals surface area contributed by atoms with Gasteiger partial charge in [0.2, 0.25) is 11.9 Å². The molecule has 5 heteroatoms. The molecule has 1 aromatic heterocycles. The Kier molecular flexibility index (Phi) is 4.10. The number of piperidine rings is 1. The first-order valence-electron chi connectivity index (χ1n) is 10.1. The lowest BCUT2D eigenvalue weighted by atomic mass is 9.73. The Balaban J connectivity index is 1.33. The minimum atomic E-state index is 0.201. The lowest BCUT2D eigenvalue weighted by molar-refractivity contribution is -0.121. The molecular formula is C22H26N4O. The minimum Gasteiger partial charge on any atom is -0.353 e. The lowest BCUT2D eigenvalue weighted by Gasteiger charge is -2.40. The monoisotopic (exact) mass is 362 g/mol. The van der Waals surface area contributed by atoms with Crippen LogP contribution in [0.3, 0.4) is 0 Å². The van der Waals surface area contributed by atoms with Crippen molar-refractivity contribution in [1.82, 2.24) is 15.3 Å². The van der Waals surface area contributed by atoms with Crippen LogP contribution in [0.1, 0.15) is 55.6 Å². The molecular weight excluding hydrogens is 336 g/mol. The van der Waals surface area contributed by atoms with Crippen LogP contribution < -0.4 is 10.2 Å². The summed E-state index contributed by atoms with van der Waals surface area (Å²) in [7, 11) is 0. The molecule has 1 aliphatic heterocycles. The van der Waals surface area contributed by atoms with Gasteiger partial charge in [-0.3, -0.25) is 4.79 Å². The number of hydrogen-bond acceptors (Lipinski definition) is 4. The Labute approximate surface area is 160 Å². The van der Waals surface area contributed by atoms with Crippen molar-refractivity contribution in [2.45, 2.75) is 55.9 Å². The van der Waals surface area contributed by atoms with Crippen molar-refractivity contribution in [1.29, 1.82) is 0 Å². The fourth-order valence-electron chi connectivity index (χ4n) is 5.01. The molecule has 5 nitrogen and oxygen atoms in total. The van der Waals surface area contributed by atoms with Crippen molar-refractivity contribution in [2.24, 2.45) is 0 Å². The maximum absolute atomic E-state index is 12.4. The molecule has 140 valence electrons. The quantitative estimate of drug-likeness (QED) is 0.908. The molecule has 2 aromatic rings. The number of anilines is 1. The van der Waals surface area contributed by atoms with Gasteiger partial charge in [-0.15, -0.1) is 0 Å². The second-order valence-corrected chi connectivity index (χ2v) is 8.35. The van der Waals surface area contributed by atoms with Crippen LogP contribution >= 0.6 is 0 Å². The molecule has 1 N–H and O–H groups in total. The van der Waals surface area contributed by atoms with E-state index in [2.05, 4.69) is 44.5 Å². The highest BCUT2D eigenvalue weighted by Crippen LogP contribution is 2.52. The summed E-state index contributed by atoms with van der Waals surface area (Å²) in [6.45, 7) is 1.94. The van der Waals surface area contributed by atoms with Crippen LogP contribution in [0, 0.1) is 0 Å². The average Bonchev–Trinajstić information content (AvgIpc) is 3.47. The van der Waals surface area contributed by atoms with E-state index in [4.69, 9.17) is 0 Å². The highest BCUT2D eigenvalue weighted by Gasteiger charge is 2.46. The number of carbonyl (C=O) groups excluding carboxylic acids is 1. The molecule has 2 heterocycles. The average molecular weight is 362 g/mol. The first-order valence-corrected chi connectivity index (χ1v) is 10.1. The second kappa shape index (κ2) is 6.63. The van der Waals surface area contributed by atoms with E-state index in [1.165, 1.54) is 11.1 Å². The largest absolute Gasteiger partial charge is 0.353 e. The van der Waals surface area contributed by atoms with Gasteiger partial charge in [0.05, 0.1) is 0 Å². The highest BCUT2D eigenvalue weighted by atomic mass is 16.1. The molecule has 5 rings (SSSR count). The molecule has 1 saturated heterocycles. The molecule has 1 amide bonds. The lowest BCUT2D eigenvalue weighted by Crippen LogP contribution is -2.42. The topological polar surface area (TPSA) is 58.1 Å². The Morgan fingerprint density at radius 1 is 1.11 bits per heavy atom. The fraction of sp³-hybridized carbons (Fsp3) is 0.500. The molecule has 0 unspecified atom stereocenters. The summed E-state index contributed by atoms with van der Waals surface area (Å²) in [5, 5.41) is 3.17. The second-order valence-electron chi connectivity index (χ2n) is 8.35. The van der Waals surface area contributed by atoms with Crippen molar-refractivity contribution in [3.8, 4) is 0 Å². The smallest absolute Gasteiger partial charge is 0.225 e. The molecule has 0 radical (unpaired) electrons. The number of rotatable bonds is 4. The highest BCUT2D eigenvalue weighted by molar-refractivity contribution is 5.78. The molecule has 2 fully saturated rings. The molecule has 1 atom stereocenters. The molecule has 0 bridgehead atoms. The van der Waals surface area contributed by atoms with Gasteiger partial charge in [-0.2, -0.15) is 0 Å². The Hall–Kier alpha value is -2.43. The van der Waals surface area contributed by atoms with E-state index in [0.717, 1.165) is 51.1 Å². The van der Waals surface area contributed by atoms with Gasteiger partial charge in [0, 0.05) is 37.9 Å². The summed E-state index contributed by atoms with van der Waals surface area (Å²) in [4.78, 5) is 23.5. The van der Waals surface area contributed by atoms with Crippen molar-refractivity contribution in [3.63, 3.8) is 0 Å². The van der Waals surface area contributed by atoms with Gasteiger partial charge in [-0.25, -0.2) is 9.97 Å². The predicted molar refractivity (Wildman–Crippen MR) is 105 cm³/mol. The zero-order chi connectivity index (χ0) is 18.3. The summed E-state index contributed by atoms with van der Waals surface area (Å²) >= 11 is 0. The van der Waals surface area contributed by atoms with E-state index in [9.17, 15) is 4.79 Å². The van der Waals surface area contributed by atoms with Crippen molar-refractivity contribution >= 4 is 11.9 Å². The summed E-state index contributed by atoms with van der Waals surface area (Å²) in [5.41, 5.74) is 3.07. The SMILES string of the molecule is O=C(C[C@H]1CC2(CCN(c3ncccn3)CC2)c2ccccc21)NC1CC1. The minimum absolute atomic E-state index is 0.201. The molecule has 1 spiro atoms. The summed E-state index contributed by atoms with van der Waals surface area (Å²) in [6.07, 6.45) is 9.83. The van der Waals surface area contributed by atoms with Gasteiger partial charge < -0.3 is 10.2 Å². The summed E-state index contributed by atoms with van der Waals surface area (Å²) in [5.74, 6) is 1.41. The van der Waals surface area contributed by atoms with Crippen molar-refractivity contribution < 1.29 is 4.79 Å². The van der Waals surface area contributed by atoms with Gasteiger partial charge in [-0.1, -0.05) is 24.3 Å². The third-order valence-corrected chi connectivity index (χ3v) is 6.54. The number of benzene rings is 1. The van der Waals surface area contributed by atoms with Crippen LogP contribution in [0.2, 0.25) is 0 Å². The van der Waals surface area contributed by atoms with Gasteiger partial charge in [0.1, 0.15) is 0 Å². The predicted octanol–water partition coefficient (Wildman–Crippen LogP) is 3.17. The van der Waals surface area contributed by atoms with E-state index in [-0.39, 0.29) is 11.3 Å². The van der Waals surface area contributed by atoms with E-state index >= 15 is 0 Å². The maximum atomic E-state index is 12.4. The van der Waals surface area contributed by atoms with Crippen LogP contribution in [0.4, 0.5) is 5.95 Å². The number of aromatic nitrogens is 2. The number of nitrogens with zero attached hydrogens (tertiary/aromatic N) is 3. The fourth-order valence-corrected chi connectivity index (χ4v) is 5.01. The third-order valence-electron chi connectivity index (χ3n) is 6.54. The number of nitrogens with one attached hydrogen (secondary N) is 1. The van der Waals surface area contributed by atoms with Crippen molar-refractivity contribution in [3.05, 3.63) is 53.9 Å². The zero-order valence-corrected chi connectivity index (χ0v) is 15.6. The number of fused-ring (bicyclic) bond motifs is 2. The van der Waals surface area contributed by atoms with E-state index < -0.39 is 0 Å². The van der Waals surface area contributed by atoms with Gasteiger partial charge in [0.25, 0.3) is 0 Å². The van der Waals surface area contributed by atoms with Crippen LogP contribution in [0.5, 0.6) is 0 Å². The van der Waals surface area contributed by atoms with Crippen LogP contribution in [-0.2, 0) is 10.2 Å². The number of amides is 1. The number of carbonyl (C=O) groups is 1.